The first-order chi connectivity index (χ1) is 11.3. The minimum absolute atomic E-state index is 0. The quantitative estimate of drug-likeness (QED) is 0.423. The van der Waals surface area contributed by atoms with Crippen molar-refractivity contribution < 1.29 is 4.74 Å². The van der Waals surface area contributed by atoms with E-state index in [2.05, 4.69) is 31.2 Å². The number of para-hydroxylation sites is 2. The number of benzene rings is 1. The Kier molecular flexibility index (Phi) is 7.29. The Morgan fingerprint density at radius 2 is 2.29 bits per heavy atom. The Bertz CT molecular complexity index is 639. The fourth-order valence-electron chi connectivity index (χ4n) is 3.15. The molecule has 3 rings (SSSR count). The molecule has 0 spiro atoms. The lowest BCUT2D eigenvalue weighted by molar-refractivity contribution is 0.157. The number of likely N-dealkylation sites (tertiary alicyclic amines) is 1. The molecule has 2 aromatic rings. The van der Waals surface area contributed by atoms with Crippen molar-refractivity contribution in [2.75, 3.05) is 40.4 Å². The summed E-state index contributed by atoms with van der Waals surface area (Å²) in [6.07, 6.45) is 2.02. The van der Waals surface area contributed by atoms with E-state index in [1.54, 1.807) is 7.11 Å². The van der Waals surface area contributed by atoms with Gasteiger partial charge in [0.1, 0.15) is 5.82 Å². The van der Waals surface area contributed by atoms with Crippen LogP contribution in [0.4, 0.5) is 0 Å². The van der Waals surface area contributed by atoms with Crippen LogP contribution in [0.1, 0.15) is 12.2 Å². The lowest BCUT2D eigenvalue weighted by Gasteiger charge is -2.21. The molecule has 0 aliphatic carbocycles. The van der Waals surface area contributed by atoms with Gasteiger partial charge in [-0.2, -0.15) is 0 Å². The minimum Gasteiger partial charge on any atom is -0.384 e. The predicted molar refractivity (Wildman–Crippen MR) is 108 cm³/mol. The Balaban J connectivity index is 0.00000208. The van der Waals surface area contributed by atoms with E-state index in [-0.39, 0.29) is 24.0 Å². The molecule has 2 N–H and O–H groups in total. The van der Waals surface area contributed by atoms with Gasteiger partial charge in [0.05, 0.1) is 17.6 Å². The number of nitrogens with one attached hydrogen (secondary N) is 2. The van der Waals surface area contributed by atoms with Gasteiger partial charge in [-0.1, -0.05) is 12.1 Å². The summed E-state index contributed by atoms with van der Waals surface area (Å²) in [6.45, 7) is 3.70. The second-order valence-corrected chi connectivity index (χ2v) is 5.98. The van der Waals surface area contributed by atoms with E-state index in [9.17, 15) is 0 Å². The Morgan fingerprint density at radius 1 is 1.46 bits per heavy atom. The smallest absolute Gasteiger partial charge is 0.193 e. The van der Waals surface area contributed by atoms with Gasteiger partial charge >= 0.3 is 0 Å². The molecule has 1 aliphatic rings. The van der Waals surface area contributed by atoms with E-state index in [0.717, 1.165) is 61.9 Å². The van der Waals surface area contributed by atoms with Gasteiger partial charge in [-0.15, -0.1) is 24.0 Å². The average molecular weight is 443 g/mol. The van der Waals surface area contributed by atoms with Crippen LogP contribution in [0.2, 0.25) is 0 Å². The zero-order chi connectivity index (χ0) is 16.1. The molecule has 132 valence electrons. The highest BCUT2D eigenvalue weighted by Crippen LogP contribution is 2.16. The second-order valence-electron chi connectivity index (χ2n) is 5.98. The van der Waals surface area contributed by atoms with Crippen molar-refractivity contribution in [3.63, 3.8) is 0 Å². The van der Waals surface area contributed by atoms with Crippen molar-refractivity contribution in [2.45, 2.75) is 12.8 Å². The van der Waals surface area contributed by atoms with Crippen LogP contribution in [-0.2, 0) is 11.2 Å². The van der Waals surface area contributed by atoms with Crippen molar-refractivity contribution in [1.29, 1.82) is 0 Å². The molecule has 24 heavy (non-hydrogen) atoms. The molecule has 1 saturated heterocycles. The van der Waals surface area contributed by atoms with Gasteiger partial charge in [0, 0.05) is 46.1 Å². The van der Waals surface area contributed by atoms with E-state index in [0.29, 0.717) is 5.92 Å². The number of hydrogen-bond acceptors (Lipinski definition) is 3. The zero-order valence-electron chi connectivity index (χ0n) is 14.3. The van der Waals surface area contributed by atoms with Gasteiger partial charge in [-0.3, -0.25) is 4.99 Å². The van der Waals surface area contributed by atoms with Crippen molar-refractivity contribution in [1.82, 2.24) is 20.2 Å². The number of halogens is 1. The largest absolute Gasteiger partial charge is 0.384 e. The summed E-state index contributed by atoms with van der Waals surface area (Å²) in [4.78, 5) is 14.7. The summed E-state index contributed by atoms with van der Waals surface area (Å²) >= 11 is 0. The topological polar surface area (TPSA) is 65.5 Å². The third-order valence-corrected chi connectivity index (χ3v) is 4.28. The van der Waals surface area contributed by atoms with Gasteiger partial charge in [-0.05, 0) is 18.6 Å². The molecule has 0 radical (unpaired) electrons. The molecule has 1 aromatic heterocycles. The van der Waals surface area contributed by atoms with E-state index in [4.69, 9.17) is 4.74 Å². The summed E-state index contributed by atoms with van der Waals surface area (Å²) in [6, 6.07) is 8.12. The van der Waals surface area contributed by atoms with Crippen molar-refractivity contribution in [2.24, 2.45) is 10.9 Å². The predicted octanol–water partition coefficient (Wildman–Crippen LogP) is 2.27. The normalized spacial score (nSPS) is 18.0. The molecule has 7 heteroatoms. The summed E-state index contributed by atoms with van der Waals surface area (Å²) in [5.74, 6) is 2.58. The van der Waals surface area contributed by atoms with Crippen LogP contribution in [0.3, 0.4) is 0 Å². The number of aliphatic imine (C=N–C) groups is 1. The van der Waals surface area contributed by atoms with Crippen LogP contribution in [0.25, 0.3) is 11.0 Å². The summed E-state index contributed by atoms with van der Waals surface area (Å²) in [5, 5.41) is 3.44. The molecule has 0 bridgehead atoms. The first-order valence-corrected chi connectivity index (χ1v) is 8.18. The molecule has 1 aromatic carbocycles. The minimum atomic E-state index is 0. The molecule has 1 unspecified atom stereocenters. The summed E-state index contributed by atoms with van der Waals surface area (Å²) in [5.41, 5.74) is 2.11. The number of H-pyrrole nitrogens is 1. The van der Waals surface area contributed by atoms with Crippen LogP contribution in [0, 0.1) is 5.92 Å². The molecular weight excluding hydrogens is 417 g/mol. The van der Waals surface area contributed by atoms with E-state index >= 15 is 0 Å². The maximum atomic E-state index is 5.26. The number of guanidine groups is 1. The monoisotopic (exact) mass is 443 g/mol. The second kappa shape index (κ2) is 9.22. The van der Waals surface area contributed by atoms with Gasteiger partial charge in [0.15, 0.2) is 5.96 Å². The Labute approximate surface area is 160 Å². The molecule has 0 amide bonds. The number of aromatic amines is 1. The van der Waals surface area contributed by atoms with Crippen LogP contribution < -0.4 is 5.32 Å². The molecule has 1 fully saturated rings. The van der Waals surface area contributed by atoms with Crippen molar-refractivity contribution in [3.05, 3.63) is 30.1 Å². The van der Waals surface area contributed by atoms with Gasteiger partial charge < -0.3 is 19.9 Å². The lowest BCUT2D eigenvalue weighted by atomic mass is 10.1. The van der Waals surface area contributed by atoms with Crippen LogP contribution in [-0.4, -0.2) is 61.2 Å². The maximum Gasteiger partial charge on any atom is 0.193 e. The fourth-order valence-corrected chi connectivity index (χ4v) is 3.15. The molecule has 0 saturated carbocycles. The maximum absolute atomic E-state index is 5.26. The van der Waals surface area contributed by atoms with Gasteiger partial charge in [0.2, 0.25) is 0 Å². The van der Waals surface area contributed by atoms with Crippen molar-refractivity contribution in [3.8, 4) is 0 Å². The van der Waals surface area contributed by atoms with E-state index < -0.39 is 0 Å². The van der Waals surface area contributed by atoms with E-state index in [1.807, 2.05) is 25.2 Å². The summed E-state index contributed by atoms with van der Waals surface area (Å²) in [7, 11) is 3.61. The number of nitrogens with zero attached hydrogens (tertiary/aromatic N) is 3. The van der Waals surface area contributed by atoms with Crippen LogP contribution in [0.5, 0.6) is 0 Å². The first kappa shape index (κ1) is 19.0. The Morgan fingerprint density at radius 3 is 3.04 bits per heavy atom. The number of methoxy groups -OCH3 is 1. The highest BCUT2D eigenvalue weighted by atomic mass is 127. The first-order valence-electron chi connectivity index (χ1n) is 8.18. The van der Waals surface area contributed by atoms with Crippen LogP contribution in [0.15, 0.2) is 29.3 Å². The lowest BCUT2D eigenvalue weighted by Crippen LogP contribution is -2.41. The Hall–Kier alpha value is -1.35. The average Bonchev–Trinajstić information content (AvgIpc) is 3.18. The number of hydrogen-bond donors (Lipinski definition) is 2. The SMILES string of the molecule is CN=C(NCCc1nc2ccccc2[nH]1)N1CCC(COC)C1.I. The third kappa shape index (κ3) is 4.60. The number of aromatic nitrogens is 2. The zero-order valence-corrected chi connectivity index (χ0v) is 16.6. The highest BCUT2D eigenvalue weighted by Gasteiger charge is 2.24. The van der Waals surface area contributed by atoms with Gasteiger partial charge in [-0.25, -0.2) is 4.98 Å². The molecule has 1 atom stereocenters. The van der Waals surface area contributed by atoms with Crippen LogP contribution >= 0.6 is 24.0 Å². The highest BCUT2D eigenvalue weighted by molar-refractivity contribution is 14.0. The van der Waals surface area contributed by atoms with Crippen molar-refractivity contribution >= 4 is 41.0 Å². The van der Waals surface area contributed by atoms with Gasteiger partial charge in [0.25, 0.3) is 0 Å². The standard InChI is InChI=1S/C17H25N5O.HI/c1-18-17(22-10-8-13(11-22)12-23-2)19-9-7-16-20-14-5-3-4-6-15(14)21-16;/h3-6,13H,7-12H2,1-2H3,(H,18,19)(H,20,21);1H. The molecule has 6 nitrogen and oxygen atoms in total. The summed E-state index contributed by atoms with van der Waals surface area (Å²) < 4.78 is 5.26. The molecule has 2 heterocycles. The fraction of sp³-hybridized carbons (Fsp3) is 0.529. The number of imidazole rings is 1. The number of ether oxygens (including phenoxy) is 1. The number of fused-ring (bicyclic) bond motifs is 1. The molecule has 1 aliphatic heterocycles. The van der Waals surface area contributed by atoms with E-state index in [1.165, 1.54) is 0 Å². The third-order valence-electron chi connectivity index (χ3n) is 4.28. The molecular formula is C17H26IN5O. The number of rotatable bonds is 5.